The second kappa shape index (κ2) is 7.26. The van der Waals surface area contributed by atoms with Gasteiger partial charge in [-0.2, -0.15) is 0 Å². The number of benzene rings is 1. The number of esters is 1. The normalized spacial score (nSPS) is 18.4. The minimum absolute atomic E-state index is 0.0660. The van der Waals surface area contributed by atoms with Gasteiger partial charge in [-0.1, -0.05) is 0 Å². The number of aryl methyl sites for hydroxylation is 1. The molecule has 2 aromatic rings. The summed E-state index contributed by atoms with van der Waals surface area (Å²) < 4.78 is 43.3. The Hall–Kier alpha value is -2.48. The molecule has 1 saturated heterocycles. The molecule has 0 radical (unpaired) electrons. The van der Waals surface area contributed by atoms with Crippen molar-refractivity contribution < 1.29 is 27.1 Å². The molecule has 27 heavy (non-hydrogen) atoms. The Morgan fingerprint density at radius 1 is 1.22 bits per heavy atom. The molecule has 0 aliphatic carbocycles. The molecular formula is C19H20FNO5S. The van der Waals surface area contributed by atoms with Gasteiger partial charge in [0, 0.05) is 23.0 Å². The maximum Gasteiger partial charge on any atom is 0.338 e. The third-order valence-electron chi connectivity index (χ3n) is 4.77. The molecule has 3 rings (SSSR count). The Kier molecular flexibility index (Phi) is 5.19. The zero-order chi connectivity index (χ0) is 19.8. The molecule has 0 saturated carbocycles. The van der Waals surface area contributed by atoms with Crippen LogP contribution in [0.2, 0.25) is 0 Å². The van der Waals surface area contributed by atoms with Crippen LogP contribution in [0.15, 0.2) is 30.3 Å². The molecule has 0 spiro atoms. The van der Waals surface area contributed by atoms with Crippen molar-refractivity contribution in [3.63, 3.8) is 0 Å². The molecule has 1 aromatic carbocycles. The number of carbonyl (C=O) groups excluding carboxylic acids is 2. The fraction of sp³-hybridized carbons (Fsp3) is 0.368. The first-order valence-electron chi connectivity index (χ1n) is 8.52. The summed E-state index contributed by atoms with van der Waals surface area (Å²) in [5.74, 6) is -1.34. The molecule has 0 N–H and O–H groups in total. The van der Waals surface area contributed by atoms with Crippen LogP contribution in [0.25, 0.3) is 0 Å². The Bertz CT molecular complexity index is 992. The lowest BCUT2D eigenvalue weighted by atomic mass is 10.1. The van der Waals surface area contributed by atoms with Crippen molar-refractivity contribution in [3.8, 4) is 0 Å². The predicted molar refractivity (Wildman–Crippen MR) is 97.2 cm³/mol. The van der Waals surface area contributed by atoms with Crippen LogP contribution in [0, 0.1) is 19.7 Å². The highest BCUT2D eigenvalue weighted by Crippen LogP contribution is 2.29. The van der Waals surface area contributed by atoms with Crippen LogP contribution >= 0.6 is 0 Å². The number of aromatic nitrogens is 1. The van der Waals surface area contributed by atoms with Gasteiger partial charge in [-0.3, -0.25) is 4.79 Å². The first-order chi connectivity index (χ1) is 12.7. The fourth-order valence-electron chi connectivity index (χ4n) is 3.48. The van der Waals surface area contributed by atoms with E-state index in [9.17, 15) is 22.4 Å². The standard InChI is InChI=1S/C19H20FNO5S/c1-12-9-17(13(2)21(12)16-7-8-27(24,25)11-16)18(22)10-26-19(23)14-3-5-15(20)6-4-14/h3-6,9,16H,7-8,10-11H2,1-2H3/t16-/m0/s1. The van der Waals surface area contributed by atoms with Crippen molar-refractivity contribution in [1.29, 1.82) is 0 Å². The van der Waals surface area contributed by atoms with Crippen LogP contribution in [0.5, 0.6) is 0 Å². The second-order valence-corrected chi connectivity index (χ2v) is 8.95. The smallest absolute Gasteiger partial charge is 0.338 e. The minimum Gasteiger partial charge on any atom is -0.454 e. The molecule has 1 aliphatic heterocycles. The van der Waals surface area contributed by atoms with Gasteiger partial charge in [0.2, 0.25) is 5.78 Å². The van der Waals surface area contributed by atoms with E-state index >= 15 is 0 Å². The summed E-state index contributed by atoms with van der Waals surface area (Å²) in [5.41, 5.74) is 2.02. The van der Waals surface area contributed by atoms with Gasteiger partial charge in [-0.15, -0.1) is 0 Å². The number of sulfone groups is 1. The summed E-state index contributed by atoms with van der Waals surface area (Å²) >= 11 is 0. The van der Waals surface area contributed by atoms with E-state index in [0.717, 1.165) is 17.8 Å². The van der Waals surface area contributed by atoms with Gasteiger partial charge in [0.15, 0.2) is 16.4 Å². The second-order valence-electron chi connectivity index (χ2n) is 6.72. The lowest BCUT2D eigenvalue weighted by Crippen LogP contribution is -2.17. The molecular weight excluding hydrogens is 373 g/mol. The minimum atomic E-state index is -3.05. The number of hydrogen-bond acceptors (Lipinski definition) is 5. The Morgan fingerprint density at radius 3 is 2.48 bits per heavy atom. The van der Waals surface area contributed by atoms with Gasteiger partial charge in [0.1, 0.15) is 5.82 Å². The van der Waals surface area contributed by atoms with E-state index in [2.05, 4.69) is 0 Å². The van der Waals surface area contributed by atoms with E-state index in [1.54, 1.807) is 13.0 Å². The SMILES string of the molecule is Cc1cc(C(=O)COC(=O)c2ccc(F)cc2)c(C)n1[C@H]1CCS(=O)(=O)C1. The molecule has 0 amide bonds. The average molecular weight is 393 g/mol. The summed E-state index contributed by atoms with van der Waals surface area (Å²) in [6.07, 6.45) is 0.520. The van der Waals surface area contributed by atoms with Gasteiger partial charge in [0.25, 0.3) is 0 Å². The zero-order valence-electron chi connectivity index (χ0n) is 15.1. The van der Waals surface area contributed by atoms with Crippen molar-refractivity contribution in [2.45, 2.75) is 26.3 Å². The Balaban J connectivity index is 1.71. The molecule has 1 atom stereocenters. The highest BCUT2D eigenvalue weighted by atomic mass is 32.2. The monoisotopic (exact) mass is 393 g/mol. The van der Waals surface area contributed by atoms with Gasteiger partial charge in [0.05, 0.1) is 17.1 Å². The van der Waals surface area contributed by atoms with Crippen LogP contribution in [-0.2, 0) is 14.6 Å². The van der Waals surface area contributed by atoms with E-state index in [1.165, 1.54) is 12.1 Å². The molecule has 0 bridgehead atoms. The number of ether oxygens (including phenoxy) is 1. The highest BCUT2D eigenvalue weighted by molar-refractivity contribution is 7.91. The topological polar surface area (TPSA) is 82.4 Å². The van der Waals surface area contributed by atoms with E-state index in [-0.39, 0.29) is 28.9 Å². The zero-order valence-corrected chi connectivity index (χ0v) is 15.9. The van der Waals surface area contributed by atoms with Crippen LogP contribution in [0.3, 0.4) is 0 Å². The number of halogens is 1. The average Bonchev–Trinajstić information content (AvgIpc) is 3.11. The van der Waals surface area contributed by atoms with E-state index in [0.29, 0.717) is 17.7 Å². The first-order valence-corrected chi connectivity index (χ1v) is 10.3. The van der Waals surface area contributed by atoms with Crippen LogP contribution in [0.1, 0.15) is 44.6 Å². The molecule has 8 heteroatoms. The van der Waals surface area contributed by atoms with Crippen LogP contribution < -0.4 is 0 Å². The Morgan fingerprint density at radius 2 is 1.89 bits per heavy atom. The number of ketones is 1. The van der Waals surface area contributed by atoms with Crippen molar-refractivity contribution in [1.82, 2.24) is 4.57 Å². The fourth-order valence-corrected chi connectivity index (χ4v) is 5.18. The number of hydrogen-bond donors (Lipinski definition) is 0. The largest absolute Gasteiger partial charge is 0.454 e. The summed E-state index contributed by atoms with van der Waals surface area (Å²) in [5, 5.41) is 0. The molecule has 1 aromatic heterocycles. The van der Waals surface area contributed by atoms with Crippen LogP contribution in [-0.4, -0.2) is 42.9 Å². The molecule has 2 heterocycles. The van der Waals surface area contributed by atoms with E-state index in [1.807, 2.05) is 11.5 Å². The highest BCUT2D eigenvalue weighted by Gasteiger charge is 2.31. The van der Waals surface area contributed by atoms with Crippen LogP contribution in [0.4, 0.5) is 4.39 Å². The molecule has 1 aliphatic rings. The quantitative estimate of drug-likeness (QED) is 0.576. The molecule has 144 valence electrons. The van der Waals surface area contributed by atoms with Gasteiger partial charge in [-0.05, 0) is 50.6 Å². The molecule has 6 nitrogen and oxygen atoms in total. The first kappa shape index (κ1) is 19.3. The van der Waals surface area contributed by atoms with E-state index < -0.39 is 28.2 Å². The summed E-state index contributed by atoms with van der Waals surface area (Å²) in [7, 11) is -3.05. The number of nitrogens with zero attached hydrogens (tertiary/aromatic N) is 1. The third-order valence-corrected chi connectivity index (χ3v) is 6.52. The Labute approximate surface area is 156 Å². The van der Waals surface area contributed by atoms with E-state index in [4.69, 9.17) is 4.74 Å². The van der Waals surface area contributed by atoms with Crippen molar-refractivity contribution in [2.24, 2.45) is 0 Å². The third kappa shape index (κ3) is 4.10. The van der Waals surface area contributed by atoms with Crippen molar-refractivity contribution in [3.05, 3.63) is 58.7 Å². The van der Waals surface area contributed by atoms with Gasteiger partial charge < -0.3 is 9.30 Å². The van der Waals surface area contributed by atoms with Crippen molar-refractivity contribution in [2.75, 3.05) is 18.1 Å². The molecule has 0 unspecified atom stereocenters. The summed E-state index contributed by atoms with van der Waals surface area (Å²) in [6, 6.07) is 6.36. The lowest BCUT2D eigenvalue weighted by molar-refractivity contribution is 0.0474. The maximum absolute atomic E-state index is 12.9. The van der Waals surface area contributed by atoms with Gasteiger partial charge in [-0.25, -0.2) is 17.6 Å². The maximum atomic E-state index is 12.9. The van der Waals surface area contributed by atoms with Gasteiger partial charge >= 0.3 is 5.97 Å². The predicted octanol–water partition coefficient (Wildman–Crippen LogP) is 2.64. The number of rotatable bonds is 5. The summed E-state index contributed by atoms with van der Waals surface area (Å²) in [6.45, 7) is 3.13. The lowest BCUT2D eigenvalue weighted by Gasteiger charge is -2.16. The van der Waals surface area contributed by atoms with Crippen molar-refractivity contribution >= 4 is 21.6 Å². The summed E-state index contributed by atoms with van der Waals surface area (Å²) in [4.78, 5) is 24.5. The number of Topliss-reactive ketones (excluding diaryl/α,β-unsaturated/α-hetero) is 1. The number of carbonyl (C=O) groups is 2. The molecule has 1 fully saturated rings.